The Balaban J connectivity index is 1.56. The molecule has 1 aromatic heterocycles. The van der Waals surface area contributed by atoms with Gasteiger partial charge in [0.1, 0.15) is 5.82 Å². The average Bonchev–Trinajstić information content (AvgIpc) is 3.00. The molecular formula is C12H20N4O. The molecule has 2 N–H and O–H groups in total. The summed E-state index contributed by atoms with van der Waals surface area (Å²) in [4.78, 5) is 2.57. The first-order chi connectivity index (χ1) is 8.33. The van der Waals surface area contributed by atoms with Gasteiger partial charge in [0.25, 0.3) is 0 Å². The maximum Gasteiger partial charge on any atom is 0.145 e. The molecule has 17 heavy (non-hydrogen) atoms. The highest BCUT2D eigenvalue weighted by molar-refractivity contribution is 5.24. The zero-order valence-corrected chi connectivity index (χ0v) is 10.1. The van der Waals surface area contributed by atoms with Crippen LogP contribution in [0.1, 0.15) is 25.3 Å². The topological polar surface area (TPSA) is 56.3 Å². The highest BCUT2D eigenvalue weighted by Crippen LogP contribution is 2.25. The number of nitrogen functional groups attached to an aromatic ring is 1. The first-order valence-corrected chi connectivity index (χ1v) is 6.45. The molecule has 3 heterocycles. The standard InChI is InChI=1S/C12H20N4O/c13-12-3-7-16(14-12)10-1-5-15(6-2-10)11-4-8-17-9-11/h3,7,10-11H,1-2,4-6,8-9H2,(H2,13,14). The Bertz CT molecular complexity index is 364. The molecule has 1 aromatic rings. The second-order valence-corrected chi connectivity index (χ2v) is 5.01. The summed E-state index contributed by atoms with van der Waals surface area (Å²) >= 11 is 0. The third-order valence-electron chi connectivity index (χ3n) is 3.92. The predicted octanol–water partition coefficient (Wildman–Crippen LogP) is 0.891. The van der Waals surface area contributed by atoms with Crippen molar-refractivity contribution in [1.82, 2.24) is 14.7 Å². The zero-order valence-electron chi connectivity index (χ0n) is 10.1. The van der Waals surface area contributed by atoms with Crippen molar-refractivity contribution >= 4 is 5.82 Å². The highest BCUT2D eigenvalue weighted by Gasteiger charge is 2.28. The van der Waals surface area contributed by atoms with Crippen molar-refractivity contribution in [2.24, 2.45) is 0 Å². The number of anilines is 1. The van der Waals surface area contributed by atoms with E-state index in [1.165, 1.54) is 6.42 Å². The van der Waals surface area contributed by atoms with Crippen LogP contribution < -0.4 is 5.73 Å². The summed E-state index contributed by atoms with van der Waals surface area (Å²) in [5.74, 6) is 0.622. The zero-order chi connectivity index (χ0) is 11.7. The van der Waals surface area contributed by atoms with Crippen LogP contribution in [-0.2, 0) is 4.74 Å². The van der Waals surface area contributed by atoms with E-state index in [2.05, 4.69) is 10.00 Å². The number of piperidine rings is 1. The van der Waals surface area contributed by atoms with E-state index in [4.69, 9.17) is 10.5 Å². The van der Waals surface area contributed by atoms with Crippen molar-refractivity contribution in [2.45, 2.75) is 31.3 Å². The van der Waals surface area contributed by atoms with Crippen molar-refractivity contribution in [3.63, 3.8) is 0 Å². The molecule has 0 aromatic carbocycles. The van der Waals surface area contributed by atoms with Crippen LogP contribution in [0.15, 0.2) is 12.3 Å². The Morgan fingerprint density at radius 2 is 2.06 bits per heavy atom. The van der Waals surface area contributed by atoms with Crippen LogP contribution in [0.3, 0.4) is 0 Å². The third-order valence-corrected chi connectivity index (χ3v) is 3.92. The number of ether oxygens (including phenoxy) is 1. The Hall–Kier alpha value is -1.07. The van der Waals surface area contributed by atoms with Gasteiger partial charge in [-0.25, -0.2) is 0 Å². The van der Waals surface area contributed by atoms with Gasteiger partial charge >= 0.3 is 0 Å². The molecule has 2 fully saturated rings. The van der Waals surface area contributed by atoms with Crippen LogP contribution in [0.25, 0.3) is 0 Å². The summed E-state index contributed by atoms with van der Waals surface area (Å²) in [6.07, 6.45) is 5.52. The molecule has 2 saturated heterocycles. The van der Waals surface area contributed by atoms with Gasteiger partial charge in [-0.05, 0) is 25.3 Å². The molecular weight excluding hydrogens is 216 g/mol. The molecule has 1 atom stereocenters. The number of hydrogen-bond donors (Lipinski definition) is 1. The van der Waals surface area contributed by atoms with Crippen LogP contribution in [0.5, 0.6) is 0 Å². The quantitative estimate of drug-likeness (QED) is 0.828. The molecule has 2 aliphatic rings. The van der Waals surface area contributed by atoms with Gasteiger partial charge in [-0.15, -0.1) is 0 Å². The molecule has 5 heteroatoms. The van der Waals surface area contributed by atoms with E-state index in [0.717, 1.165) is 39.1 Å². The van der Waals surface area contributed by atoms with E-state index in [9.17, 15) is 0 Å². The summed E-state index contributed by atoms with van der Waals surface area (Å²) in [5.41, 5.74) is 5.65. The Labute approximate surface area is 102 Å². The van der Waals surface area contributed by atoms with E-state index in [0.29, 0.717) is 17.9 Å². The second kappa shape index (κ2) is 4.66. The fraction of sp³-hybridized carbons (Fsp3) is 0.750. The molecule has 0 saturated carbocycles. The molecule has 5 nitrogen and oxygen atoms in total. The van der Waals surface area contributed by atoms with Crippen LogP contribution in [-0.4, -0.2) is 47.0 Å². The lowest BCUT2D eigenvalue weighted by Gasteiger charge is -2.35. The Kier molecular flexibility index (Phi) is 3.03. The minimum Gasteiger partial charge on any atom is -0.382 e. The first kappa shape index (κ1) is 11.0. The normalized spacial score (nSPS) is 27.6. The van der Waals surface area contributed by atoms with Gasteiger partial charge in [-0.3, -0.25) is 9.58 Å². The smallest absolute Gasteiger partial charge is 0.145 e. The van der Waals surface area contributed by atoms with Crippen LogP contribution >= 0.6 is 0 Å². The minimum atomic E-state index is 0.519. The van der Waals surface area contributed by atoms with Crippen molar-refractivity contribution in [2.75, 3.05) is 32.0 Å². The van der Waals surface area contributed by atoms with E-state index < -0.39 is 0 Å². The summed E-state index contributed by atoms with van der Waals surface area (Å²) in [7, 11) is 0. The van der Waals surface area contributed by atoms with E-state index >= 15 is 0 Å². The lowest BCUT2D eigenvalue weighted by atomic mass is 10.0. The van der Waals surface area contributed by atoms with Crippen molar-refractivity contribution < 1.29 is 4.74 Å². The number of aromatic nitrogens is 2. The molecule has 0 amide bonds. The van der Waals surface area contributed by atoms with Gasteiger partial charge in [-0.2, -0.15) is 5.10 Å². The monoisotopic (exact) mass is 236 g/mol. The average molecular weight is 236 g/mol. The summed E-state index contributed by atoms with van der Waals surface area (Å²) in [6.45, 7) is 4.15. The third kappa shape index (κ3) is 2.30. The second-order valence-electron chi connectivity index (χ2n) is 5.01. The lowest BCUT2D eigenvalue weighted by molar-refractivity contribution is 0.109. The van der Waals surface area contributed by atoms with E-state index in [1.807, 2.05) is 16.9 Å². The van der Waals surface area contributed by atoms with Crippen LogP contribution in [0.4, 0.5) is 5.82 Å². The van der Waals surface area contributed by atoms with Gasteiger partial charge in [0, 0.05) is 31.9 Å². The van der Waals surface area contributed by atoms with Gasteiger partial charge in [0.05, 0.1) is 12.6 Å². The fourth-order valence-corrected chi connectivity index (χ4v) is 2.88. The van der Waals surface area contributed by atoms with Crippen LogP contribution in [0, 0.1) is 0 Å². The van der Waals surface area contributed by atoms with Crippen molar-refractivity contribution in [3.8, 4) is 0 Å². The summed E-state index contributed by atoms with van der Waals surface area (Å²) in [5, 5.41) is 4.31. The maximum atomic E-state index is 5.65. The first-order valence-electron chi connectivity index (χ1n) is 6.45. The number of nitrogens with two attached hydrogens (primary N) is 1. The SMILES string of the molecule is Nc1ccn(C2CCN(C3CCOC3)CC2)n1. The summed E-state index contributed by atoms with van der Waals surface area (Å²) in [6, 6.07) is 3.04. The number of hydrogen-bond acceptors (Lipinski definition) is 4. The molecule has 0 aliphatic carbocycles. The molecule has 1 unspecified atom stereocenters. The molecule has 0 spiro atoms. The lowest BCUT2D eigenvalue weighted by Crippen LogP contribution is -2.42. The van der Waals surface area contributed by atoms with E-state index in [1.54, 1.807) is 0 Å². The minimum absolute atomic E-state index is 0.519. The van der Waals surface area contributed by atoms with Gasteiger partial charge in [-0.1, -0.05) is 0 Å². The predicted molar refractivity (Wildman–Crippen MR) is 65.7 cm³/mol. The number of rotatable bonds is 2. The van der Waals surface area contributed by atoms with Crippen molar-refractivity contribution in [3.05, 3.63) is 12.3 Å². The van der Waals surface area contributed by atoms with Gasteiger partial charge < -0.3 is 10.5 Å². The Morgan fingerprint density at radius 1 is 1.24 bits per heavy atom. The van der Waals surface area contributed by atoms with Crippen molar-refractivity contribution in [1.29, 1.82) is 0 Å². The maximum absolute atomic E-state index is 5.65. The van der Waals surface area contributed by atoms with Gasteiger partial charge in [0.15, 0.2) is 0 Å². The largest absolute Gasteiger partial charge is 0.382 e. The number of nitrogens with zero attached hydrogens (tertiary/aromatic N) is 3. The Morgan fingerprint density at radius 3 is 2.65 bits per heavy atom. The molecule has 0 radical (unpaired) electrons. The fourth-order valence-electron chi connectivity index (χ4n) is 2.88. The highest BCUT2D eigenvalue weighted by atomic mass is 16.5. The van der Waals surface area contributed by atoms with Gasteiger partial charge in [0.2, 0.25) is 0 Å². The van der Waals surface area contributed by atoms with E-state index in [-0.39, 0.29) is 0 Å². The summed E-state index contributed by atoms with van der Waals surface area (Å²) < 4.78 is 7.47. The molecule has 0 bridgehead atoms. The number of likely N-dealkylation sites (tertiary alicyclic amines) is 1. The molecule has 94 valence electrons. The molecule has 2 aliphatic heterocycles. The van der Waals surface area contributed by atoms with Crippen LogP contribution in [0.2, 0.25) is 0 Å². The molecule has 3 rings (SSSR count).